The van der Waals surface area contributed by atoms with Crippen LogP contribution in [0.15, 0.2) is 34.7 Å². The smallest absolute Gasteiger partial charge is 0.327 e. The van der Waals surface area contributed by atoms with Crippen LogP contribution in [0.25, 0.3) is 0 Å². The first-order valence-electron chi connectivity index (χ1n) is 7.08. The highest BCUT2D eigenvalue weighted by molar-refractivity contribution is 8.17. The van der Waals surface area contributed by atoms with E-state index >= 15 is 0 Å². The molecule has 2 aliphatic heterocycles. The van der Waals surface area contributed by atoms with Gasteiger partial charge in [0.2, 0.25) is 0 Å². The van der Waals surface area contributed by atoms with E-state index in [1.807, 2.05) is 23.1 Å². The summed E-state index contributed by atoms with van der Waals surface area (Å²) in [6, 6.07) is 6.79. The molecule has 4 nitrogen and oxygen atoms in total. The lowest BCUT2D eigenvalue weighted by Gasteiger charge is -2.33. The average Bonchev–Trinajstić information content (AvgIpc) is 2.88. The third-order valence-electron chi connectivity index (χ3n) is 4.00. The molecular formula is C16H16ClNO3S. The number of nitrogens with zero attached hydrogens (tertiary/aromatic N) is 1. The Hall–Kier alpha value is -1.30. The van der Waals surface area contributed by atoms with Gasteiger partial charge in [-0.15, -0.1) is 0 Å². The summed E-state index contributed by atoms with van der Waals surface area (Å²) in [5.74, 6) is -0.325. The van der Waals surface area contributed by atoms with E-state index in [0.717, 1.165) is 17.6 Å². The number of thioether (sulfide) groups is 1. The average molecular weight is 338 g/mol. The molecule has 0 bridgehead atoms. The fraction of sp³-hybridized carbons (Fsp3) is 0.375. The van der Waals surface area contributed by atoms with E-state index in [4.69, 9.17) is 16.3 Å². The lowest BCUT2D eigenvalue weighted by atomic mass is 10.0. The number of ether oxygens (including phenoxy) is 1. The van der Waals surface area contributed by atoms with Crippen molar-refractivity contribution < 1.29 is 14.3 Å². The summed E-state index contributed by atoms with van der Waals surface area (Å²) >= 11 is 7.62. The van der Waals surface area contributed by atoms with Gasteiger partial charge in [0.05, 0.1) is 7.11 Å². The highest BCUT2D eigenvalue weighted by atomic mass is 35.5. The van der Waals surface area contributed by atoms with Gasteiger partial charge in [-0.3, -0.25) is 9.69 Å². The molecule has 1 aromatic carbocycles. The van der Waals surface area contributed by atoms with Gasteiger partial charge in [0, 0.05) is 24.5 Å². The molecule has 0 aromatic heterocycles. The lowest BCUT2D eigenvalue weighted by Crippen LogP contribution is -2.39. The normalized spacial score (nSPS) is 20.0. The van der Waals surface area contributed by atoms with Gasteiger partial charge in [-0.2, -0.15) is 0 Å². The summed E-state index contributed by atoms with van der Waals surface area (Å²) in [4.78, 5) is 27.1. The number of hydrogen-bond donors (Lipinski definition) is 0. The molecule has 3 rings (SSSR count). The Balaban J connectivity index is 1.90. The van der Waals surface area contributed by atoms with Crippen LogP contribution in [-0.2, 0) is 14.3 Å². The van der Waals surface area contributed by atoms with Gasteiger partial charge in [-0.05, 0) is 28.5 Å². The number of esters is 1. The minimum atomic E-state index is -0.534. The zero-order valence-electron chi connectivity index (χ0n) is 12.2. The summed E-state index contributed by atoms with van der Waals surface area (Å²) < 4.78 is 4.98. The number of rotatable bonds is 3. The quantitative estimate of drug-likeness (QED) is 0.793. The Morgan fingerprint density at radius 1 is 1.41 bits per heavy atom. The van der Waals surface area contributed by atoms with E-state index in [1.165, 1.54) is 23.8 Å². The first-order valence-corrected chi connectivity index (χ1v) is 8.27. The van der Waals surface area contributed by atoms with E-state index in [1.54, 1.807) is 6.07 Å². The molecule has 0 unspecified atom stereocenters. The largest absolute Gasteiger partial charge is 0.468 e. The molecule has 0 fully saturated rings. The van der Waals surface area contributed by atoms with Gasteiger partial charge in [0.15, 0.2) is 5.12 Å². The number of hydrogen-bond acceptors (Lipinski definition) is 5. The van der Waals surface area contributed by atoms with Crippen LogP contribution in [-0.4, -0.2) is 36.2 Å². The van der Waals surface area contributed by atoms with Gasteiger partial charge in [0.1, 0.15) is 6.04 Å². The van der Waals surface area contributed by atoms with Crippen molar-refractivity contribution in [3.63, 3.8) is 0 Å². The summed E-state index contributed by atoms with van der Waals surface area (Å²) in [7, 11) is 1.38. The molecule has 1 aromatic rings. The van der Waals surface area contributed by atoms with E-state index in [2.05, 4.69) is 0 Å². The highest BCUT2D eigenvalue weighted by Gasteiger charge is 2.35. The van der Waals surface area contributed by atoms with Crippen molar-refractivity contribution in [1.29, 1.82) is 0 Å². The van der Waals surface area contributed by atoms with Crippen molar-refractivity contribution in [2.24, 2.45) is 0 Å². The van der Waals surface area contributed by atoms with Crippen LogP contribution in [0, 0.1) is 0 Å². The van der Waals surface area contributed by atoms with E-state index in [-0.39, 0.29) is 11.1 Å². The third-order valence-corrected chi connectivity index (χ3v) is 5.45. The van der Waals surface area contributed by atoms with E-state index in [0.29, 0.717) is 24.5 Å². The predicted molar refractivity (Wildman–Crippen MR) is 86.6 cm³/mol. The standard InChI is InChI=1S/C16H16ClNO3S/c1-21-16(20)15(11-4-2-3-5-12(11)17)18-7-6-13-10(9-18)8-14(19)22-13/h2-5,15H,6-9H2,1H3/t15-/m0/s1. The zero-order chi connectivity index (χ0) is 15.7. The molecule has 22 heavy (non-hydrogen) atoms. The van der Waals surface area contributed by atoms with E-state index in [9.17, 15) is 9.59 Å². The molecule has 0 saturated carbocycles. The maximum atomic E-state index is 12.3. The van der Waals surface area contributed by atoms with Gasteiger partial charge in [-0.25, -0.2) is 4.79 Å². The molecule has 0 spiro atoms. The molecule has 6 heteroatoms. The minimum absolute atomic E-state index is 0.194. The van der Waals surface area contributed by atoms with Crippen molar-refractivity contribution in [2.75, 3.05) is 20.2 Å². The number of carbonyl (C=O) groups is 2. The van der Waals surface area contributed by atoms with Crippen molar-refractivity contribution in [3.05, 3.63) is 45.3 Å². The summed E-state index contributed by atoms with van der Waals surface area (Å²) in [6.45, 7) is 1.32. The molecule has 2 heterocycles. The maximum absolute atomic E-state index is 12.3. The minimum Gasteiger partial charge on any atom is -0.468 e. The van der Waals surface area contributed by atoms with Crippen LogP contribution >= 0.6 is 23.4 Å². The Morgan fingerprint density at radius 3 is 2.91 bits per heavy atom. The van der Waals surface area contributed by atoms with Crippen LogP contribution in [0.5, 0.6) is 0 Å². The fourth-order valence-electron chi connectivity index (χ4n) is 2.96. The molecule has 0 amide bonds. The van der Waals surface area contributed by atoms with Crippen LogP contribution < -0.4 is 0 Å². The van der Waals surface area contributed by atoms with Crippen LogP contribution in [0.4, 0.5) is 0 Å². The van der Waals surface area contributed by atoms with Crippen molar-refractivity contribution in [2.45, 2.75) is 18.9 Å². The van der Waals surface area contributed by atoms with Crippen molar-refractivity contribution in [1.82, 2.24) is 4.90 Å². The highest BCUT2D eigenvalue weighted by Crippen LogP contribution is 2.41. The molecule has 2 aliphatic rings. The monoisotopic (exact) mass is 337 g/mol. The topological polar surface area (TPSA) is 46.6 Å². The van der Waals surface area contributed by atoms with Gasteiger partial charge < -0.3 is 4.74 Å². The molecule has 0 N–H and O–H groups in total. The SMILES string of the molecule is COC(=O)[C@H](c1ccccc1Cl)N1CCC2=C(CC(=O)S2)C1. The van der Waals surface area contributed by atoms with Crippen molar-refractivity contribution in [3.8, 4) is 0 Å². The van der Waals surface area contributed by atoms with Gasteiger partial charge in [0.25, 0.3) is 0 Å². The number of carbonyl (C=O) groups excluding carboxylic acids is 2. The molecule has 0 saturated heterocycles. The Kier molecular flexibility index (Phi) is 4.57. The number of methoxy groups -OCH3 is 1. The summed E-state index contributed by atoms with van der Waals surface area (Å²) in [5, 5.41) is 0.744. The molecular weight excluding hydrogens is 322 g/mol. The fourth-order valence-corrected chi connectivity index (χ4v) is 4.20. The van der Waals surface area contributed by atoms with E-state index < -0.39 is 6.04 Å². The number of halogens is 1. The first kappa shape index (κ1) is 15.6. The first-order chi connectivity index (χ1) is 10.6. The van der Waals surface area contributed by atoms with Crippen molar-refractivity contribution >= 4 is 34.4 Å². The van der Waals surface area contributed by atoms with Gasteiger partial charge in [-0.1, -0.05) is 41.6 Å². The second-order valence-electron chi connectivity index (χ2n) is 5.35. The maximum Gasteiger partial charge on any atom is 0.327 e. The predicted octanol–water partition coefficient (Wildman–Crippen LogP) is 3.18. The lowest BCUT2D eigenvalue weighted by molar-refractivity contribution is -0.147. The molecule has 1 atom stereocenters. The van der Waals surface area contributed by atoms with Gasteiger partial charge >= 0.3 is 5.97 Å². The zero-order valence-corrected chi connectivity index (χ0v) is 13.7. The Bertz CT molecular complexity index is 659. The molecule has 0 radical (unpaired) electrons. The van der Waals surface area contributed by atoms with Crippen LogP contribution in [0.3, 0.4) is 0 Å². The second kappa shape index (κ2) is 6.44. The molecule has 116 valence electrons. The summed E-state index contributed by atoms with van der Waals surface area (Å²) in [5.41, 5.74) is 1.87. The second-order valence-corrected chi connectivity index (χ2v) is 6.90. The Labute approximate surface area is 138 Å². The van der Waals surface area contributed by atoms with Crippen LogP contribution in [0.1, 0.15) is 24.4 Å². The van der Waals surface area contributed by atoms with Crippen LogP contribution in [0.2, 0.25) is 5.02 Å². The Morgan fingerprint density at radius 2 is 2.18 bits per heavy atom. The molecule has 0 aliphatic carbocycles. The summed E-state index contributed by atoms with van der Waals surface area (Å²) in [6.07, 6.45) is 1.27. The third kappa shape index (κ3) is 2.93. The number of benzene rings is 1.